The lowest BCUT2D eigenvalue weighted by atomic mass is 9.92. The molecule has 2 aliphatic heterocycles. The Hall–Kier alpha value is -3.83. The Morgan fingerprint density at radius 2 is 1.79 bits per heavy atom. The summed E-state index contributed by atoms with van der Waals surface area (Å²) < 4.78 is 16.8. The Bertz CT molecular complexity index is 1230. The molecule has 43 heavy (non-hydrogen) atoms. The number of aromatic nitrogens is 2. The first kappa shape index (κ1) is 32.1. The van der Waals surface area contributed by atoms with Gasteiger partial charge in [-0.05, 0) is 82.9 Å². The number of primary amides is 1. The van der Waals surface area contributed by atoms with Crippen molar-refractivity contribution < 1.29 is 28.4 Å². The van der Waals surface area contributed by atoms with Crippen LogP contribution in [0.2, 0.25) is 0 Å². The second-order valence-electron chi connectivity index (χ2n) is 12.8. The van der Waals surface area contributed by atoms with E-state index in [9.17, 15) is 14.4 Å². The first-order valence-corrected chi connectivity index (χ1v) is 15.3. The number of alkyl carbamates (subject to hydrolysis) is 1. The van der Waals surface area contributed by atoms with Gasteiger partial charge in [0.05, 0.1) is 6.61 Å². The molecule has 2 aliphatic rings. The summed E-state index contributed by atoms with van der Waals surface area (Å²) in [5.74, 6) is 1.34. The minimum atomic E-state index is -1.03. The highest BCUT2D eigenvalue weighted by Crippen LogP contribution is 2.28. The molecule has 1 aromatic heterocycles. The summed E-state index contributed by atoms with van der Waals surface area (Å²) in [6.07, 6.45) is 4.59. The largest absolute Gasteiger partial charge is 0.494 e. The van der Waals surface area contributed by atoms with Crippen molar-refractivity contribution in [2.45, 2.75) is 96.7 Å². The fourth-order valence-electron chi connectivity index (χ4n) is 5.53. The van der Waals surface area contributed by atoms with Crippen LogP contribution < -0.4 is 20.7 Å². The molecular weight excluding hydrogens is 552 g/mol. The molecule has 236 valence electrons. The molecule has 0 saturated carbocycles. The second-order valence-corrected chi connectivity index (χ2v) is 12.8. The minimum absolute atomic E-state index is 0.245. The Balaban J connectivity index is 1.28. The van der Waals surface area contributed by atoms with Gasteiger partial charge in [-0.15, -0.1) is 0 Å². The van der Waals surface area contributed by atoms with E-state index in [2.05, 4.69) is 34.2 Å². The number of amides is 3. The van der Waals surface area contributed by atoms with Gasteiger partial charge in [-0.2, -0.15) is 4.98 Å². The summed E-state index contributed by atoms with van der Waals surface area (Å²) in [6, 6.07) is 5.98. The highest BCUT2D eigenvalue weighted by molar-refractivity contribution is 5.92. The zero-order chi connectivity index (χ0) is 31.1. The molecule has 1 aromatic carbocycles. The molecule has 0 bridgehead atoms. The van der Waals surface area contributed by atoms with Crippen molar-refractivity contribution in [1.82, 2.24) is 20.4 Å². The molecule has 2 atom stereocenters. The SMILES string of the molecule is CC(C)c1noc(N2CCC(CCCOc3ccc(C(NC(=O)OC(C)(C)C)C(=O)N4CCC[C@H]4C(N)=O)cc3)CC2)n1. The van der Waals surface area contributed by atoms with E-state index in [1.807, 2.05) is 0 Å². The quantitative estimate of drug-likeness (QED) is 0.360. The van der Waals surface area contributed by atoms with E-state index >= 15 is 0 Å². The van der Waals surface area contributed by atoms with Gasteiger partial charge in [-0.25, -0.2) is 4.79 Å². The van der Waals surface area contributed by atoms with Crippen LogP contribution in [0.15, 0.2) is 28.8 Å². The number of carbonyl (C=O) groups excluding carboxylic acids is 3. The van der Waals surface area contributed by atoms with E-state index in [4.69, 9.17) is 19.7 Å². The zero-order valence-electron chi connectivity index (χ0n) is 26.0. The van der Waals surface area contributed by atoms with Crippen LogP contribution >= 0.6 is 0 Å². The number of nitrogens with zero attached hydrogens (tertiary/aromatic N) is 4. The number of likely N-dealkylation sites (tertiary alicyclic amines) is 1. The molecule has 1 unspecified atom stereocenters. The summed E-state index contributed by atoms with van der Waals surface area (Å²) >= 11 is 0. The van der Waals surface area contributed by atoms with Gasteiger partial charge >= 0.3 is 12.1 Å². The van der Waals surface area contributed by atoms with E-state index in [1.54, 1.807) is 45.0 Å². The summed E-state index contributed by atoms with van der Waals surface area (Å²) in [5.41, 5.74) is 5.37. The van der Waals surface area contributed by atoms with Crippen molar-refractivity contribution in [2.75, 3.05) is 31.1 Å². The van der Waals surface area contributed by atoms with Gasteiger partial charge in [-0.1, -0.05) is 31.1 Å². The maximum absolute atomic E-state index is 13.5. The number of anilines is 1. The van der Waals surface area contributed by atoms with Crippen LogP contribution in [0.3, 0.4) is 0 Å². The van der Waals surface area contributed by atoms with Crippen LogP contribution in [0.1, 0.15) is 96.5 Å². The molecule has 3 heterocycles. The molecule has 2 aromatic rings. The van der Waals surface area contributed by atoms with E-state index in [1.165, 1.54) is 4.90 Å². The Morgan fingerprint density at radius 3 is 2.40 bits per heavy atom. The lowest BCUT2D eigenvalue weighted by molar-refractivity contribution is -0.139. The average molecular weight is 599 g/mol. The number of hydrogen-bond acceptors (Lipinski definition) is 9. The van der Waals surface area contributed by atoms with Crippen LogP contribution in [0, 0.1) is 5.92 Å². The lowest BCUT2D eigenvalue weighted by Crippen LogP contribution is -2.49. The standard InChI is InChI=1S/C31H46N6O6/c1-20(2)27-34-29(43-35-27)36-17-14-21(15-18-36)8-7-19-41-23-12-10-22(11-13-23)25(33-30(40)42-31(3,4)5)28(39)37-16-6-9-24(37)26(32)38/h10-13,20-21,24-25H,6-9,14-19H2,1-5H3,(H2,32,38)(H,33,40)/t24-,25?/m0/s1. The van der Waals surface area contributed by atoms with E-state index in [-0.39, 0.29) is 5.92 Å². The highest BCUT2D eigenvalue weighted by atomic mass is 16.6. The van der Waals surface area contributed by atoms with E-state index in [0.717, 1.165) is 44.6 Å². The van der Waals surface area contributed by atoms with Gasteiger partial charge in [0.1, 0.15) is 23.4 Å². The topological polar surface area (TPSA) is 153 Å². The van der Waals surface area contributed by atoms with Crippen molar-refractivity contribution in [3.8, 4) is 5.75 Å². The number of nitrogens with one attached hydrogen (secondary N) is 1. The third-order valence-electron chi connectivity index (χ3n) is 7.84. The predicted molar refractivity (Wildman–Crippen MR) is 161 cm³/mol. The highest BCUT2D eigenvalue weighted by Gasteiger charge is 2.38. The maximum atomic E-state index is 13.5. The smallest absolute Gasteiger partial charge is 0.408 e. The normalized spacial score (nSPS) is 18.5. The number of carbonyl (C=O) groups is 3. The molecule has 3 N–H and O–H groups in total. The monoisotopic (exact) mass is 598 g/mol. The first-order chi connectivity index (χ1) is 20.4. The van der Waals surface area contributed by atoms with E-state index in [0.29, 0.717) is 49.2 Å². The maximum Gasteiger partial charge on any atom is 0.408 e. The summed E-state index contributed by atoms with van der Waals surface area (Å²) in [5, 5.41) is 6.76. The zero-order valence-corrected chi connectivity index (χ0v) is 26.0. The minimum Gasteiger partial charge on any atom is -0.494 e. The van der Waals surface area contributed by atoms with Crippen molar-refractivity contribution in [1.29, 1.82) is 0 Å². The van der Waals surface area contributed by atoms with Crippen LogP contribution in [-0.4, -0.2) is 70.8 Å². The van der Waals surface area contributed by atoms with Gasteiger partial charge in [-0.3, -0.25) is 9.59 Å². The van der Waals surface area contributed by atoms with Crippen molar-refractivity contribution >= 4 is 23.9 Å². The molecule has 0 spiro atoms. The van der Waals surface area contributed by atoms with Gasteiger partial charge < -0.3 is 34.8 Å². The fourth-order valence-corrected chi connectivity index (χ4v) is 5.53. The average Bonchev–Trinajstić information content (AvgIpc) is 3.65. The van der Waals surface area contributed by atoms with Crippen LogP contribution in [0.5, 0.6) is 5.75 Å². The van der Waals surface area contributed by atoms with Crippen molar-refractivity contribution in [3.05, 3.63) is 35.7 Å². The van der Waals surface area contributed by atoms with Gasteiger partial charge in [0.2, 0.25) is 5.91 Å². The number of benzene rings is 1. The molecular formula is C31H46N6O6. The molecule has 0 radical (unpaired) electrons. The molecule has 12 heteroatoms. The van der Waals surface area contributed by atoms with Crippen molar-refractivity contribution in [3.63, 3.8) is 0 Å². The fraction of sp³-hybridized carbons (Fsp3) is 0.645. The van der Waals surface area contributed by atoms with Gasteiger partial charge in [0, 0.05) is 25.6 Å². The van der Waals surface area contributed by atoms with Crippen molar-refractivity contribution in [2.24, 2.45) is 11.7 Å². The predicted octanol–water partition coefficient (Wildman–Crippen LogP) is 4.31. The van der Waals surface area contributed by atoms with Crippen LogP contribution in [0.4, 0.5) is 10.8 Å². The Labute approximate surface area is 253 Å². The summed E-state index contributed by atoms with van der Waals surface area (Å²) in [7, 11) is 0. The van der Waals surface area contributed by atoms with E-state index < -0.39 is 35.6 Å². The first-order valence-electron chi connectivity index (χ1n) is 15.3. The molecule has 0 aliphatic carbocycles. The number of piperidine rings is 1. The lowest BCUT2D eigenvalue weighted by Gasteiger charge is -2.30. The molecule has 2 fully saturated rings. The number of ether oxygens (including phenoxy) is 2. The third-order valence-corrected chi connectivity index (χ3v) is 7.84. The molecule has 2 saturated heterocycles. The molecule has 3 amide bonds. The third kappa shape index (κ3) is 8.84. The van der Waals surface area contributed by atoms with Crippen LogP contribution in [0.25, 0.3) is 0 Å². The van der Waals surface area contributed by atoms with Crippen LogP contribution in [-0.2, 0) is 14.3 Å². The second kappa shape index (κ2) is 14.1. The molecule has 4 rings (SSSR count). The Kier molecular flexibility index (Phi) is 10.5. The summed E-state index contributed by atoms with van der Waals surface area (Å²) in [6.45, 7) is 12.1. The summed E-state index contributed by atoms with van der Waals surface area (Å²) in [4.78, 5) is 46.2. The number of hydrogen-bond donors (Lipinski definition) is 2. The number of nitrogens with two attached hydrogens (primary N) is 1. The van der Waals surface area contributed by atoms with Gasteiger partial charge in [0.25, 0.3) is 5.91 Å². The van der Waals surface area contributed by atoms with Gasteiger partial charge in [0.15, 0.2) is 5.82 Å². The molecule has 12 nitrogen and oxygen atoms in total. The Morgan fingerprint density at radius 1 is 1.09 bits per heavy atom. The number of rotatable bonds is 11.